The maximum atomic E-state index is 12.5. The van der Waals surface area contributed by atoms with Gasteiger partial charge in [0.15, 0.2) is 0 Å². The van der Waals surface area contributed by atoms with Crippen LogP contribution in [0.2, 0.25) is 0 Å². The molecule has 0 aliphatic rings. The number of hydrogen-bond acceptors (Lipinski definition) is 4. The zero-order valence-corrected chi connectivity index (χ0v) is 14.1. The van der Waals surface area contributed by atoms with E-state index in [0.29, 0.717) is 17.0 Å². The minimum Gasteiger partial charge on any atom is -0.495 e. The number of para-hydroxylation sites is 2. The molecule has 0 aliphatic carbocycles. The number of carbonyl (C=O) groups is 1. The van der Waals surface area contributed by atoms with Crippen molar-refractivity contribution < 1.29 is 9.53 Å². The summed E-state index contributed by atoms with van der Waals surface area (Å²) in [6.45, 7) is 0. The van der Waals surface area contributed by atoms with Crippen LogP contribution in [0.15, 0.2) is 66.4 Å². The fourth-order valence-electron chi connectivity index (χ4n) is 2.48. The summed E-state index contributed by atoms with van der Waals surface area (Å²) in [6.07, 6.45) is 3.09. The van der Waals surface area contributed by atoms with Crippen molar-refractivity contribution in [3.63, 3.8) is 0 Å². The maximum absolute atomic E-state index is 12.5. The molecule has 0 unspecified atom stereocenters. The van der Waals surface area contributed by atoms with E-state index >= 15 is 0 Å². The zero-order valence-electron chi connectivity index (χ0n) is 14.1. The van der Waals surface area contributed by atoms with E-state index < -0.39 is 5.91 Å². The van der Waals surface area contributed by atoms with Crippen LogP contribution in [0, 0.1) is 11.3 Å². The van der Waals surface area contributed by atoms with E-state index in [4.69, 9.17) is 4.74 Å². The van der Waals surface area contributed by atoms with E-state index in [9.17, 15) is 10.1 Å². The molecule has 0 fully saturated rings. The molecule has 128 valence electrons. The van der Waals surface area contributed by atoms with Gasteiger partial charge in [0.05, 0.1) is 24.7 Å². The van der Waals surface area contributed by atoms with Crippen molar-refractivity contribution in [2.45, 2.75) is 0 Å². The van der Waals surface area contributed by atoms with Crippen molar-refractivity contribution in [2.24, 2.45) is 0 Å². The Morgan fingerprint density at radius 1 is 1.19 bits per heavy atom. The first-order valence-electron chi connectivity index (χ1n) is 7.88. The molecule has 6 nitrogen and oxygen atoms in total. The molecule has 1 aromatic heterocycles. The Hall–Kier alpha value is -3.85. The molecule has 0 atom stereocenters. The second-order valence-electron chi connectivity index (χ2n) is 5.39. The summed E-state index contributed by atoms with van der Waals surface area (Å²) in [5.41, 5.74) is 2.77. The Kier molecular flexibility index (Phi) is 5.11. The number of methoxy groups -OCH3 is 1. The van der Waals surface area contributed by atoms with Crippen molar-refractivity contribution in [1.29, 1.82) is 5.26 Å². The molecule has 1 heterocycles. The molecule has 2 N–H and O–H groups in total. The Morgan fingerprint density at radius 3 is 2.65 bits per heavy atom. The van der Waals surface area contributed by atoms with Crippen LogP contribution < -0.4 is 10.1 Å². The summed E-state index contributed by atoms with van der Waals surface area (Å²) in [7, 11) is 1.52. The highest BCUT2D eigenvalue weighted by molar-refractivity contribution is 6.10. The maximum Gasteiger partial charge on any atom is 0.266 e. The minimum absolute atomic E-state index is 0.0329. The molecule has 3 rings (SSSR count). The normalized spacial score (nSPS) is 10.8. The number of nitriles is 1. The van der Waals surface area contributed by atoms with Gasteiger partial charge in [0.1, 0.15) is 17.4 Å². The third kappa shape index (κ3) is 3.62. The zero-order chi connectivity index (χ0) is 18.4. The average molecular weight is 344 g/mol. The minimum atomic E-state index is -0.516. The van der Waals surface area contributed by atoms with Crippen LogP contribution in [0.3, 0.4) is 0 Å². The molecule has 0 saturated carbocycles. The van der Waals surface area contributed by atoms with Gasteiger partial charge in [0.2, 0.25) is 0 Å². The quantitative estimate of drug-likeness (QED) is 0.546. The van der Waals surface area contributed by atoms with Gasteiger partial charge in [-0.3, -0.25) is 9.89 Å². The molecular formula is C20H16N4O2. The highest BCUT2D eigenvalue weighted by Gasteiger charge is 2.14. The number of H-pyrrole nitrogens is 1. The lowest BCUT2D eigenvalue weighted by molar-refractivity contribution is -0.112. The summed E-state index contributed by atoms with van der Waals surface area (Å²) in [5.74, 6) is 0.00337. The van der Waals surface area contributed by atoms with E-state index in [-0.39, 0.29) is 5.57 Å². The first kappa shape index (κ1) is 17.0. The second kappa shape index (κ2) is 7.81. The van der Waals surface area contributed by atoms with Crippen LogP contribution in [0.5, 0.6) is 5.75 Å². The molecule has 2 aromatic carbocycles. The highest BCUT2D eigenvalue weighted by Crippen LogP contribution is 2.25. The number of rotatable bonds is 5. The number of hydrogen-bond donors (Lipinski definition) is 2. The van der Waals surface area contributed by atoms with Crippen LogP contribution in [0.4, 0.5) is 5.69 Å². The fraction of sp³-hybridized carbons (Fsp3) is 0.0500. The number of anilines is 1. The van der Waals surface area contributed by atoms with Gasteiger partial charge in [-0.05, 0) is 18.2 Å². The van der Waals surface area contributed by atoms with Crippen molar-refractivity contribution in [2.75, 3.05) is 12.4 Å². The molecule has 6 heteroatoms. The number of benzene rings is 2. The number of nitrogens with zero attached hydrogens (tertiary/aromatic N) is 2. The van der Waals surface area contributed by atoms with Gasteiger partial charge in [0.25, 0.3) is 5.91 Å². The predicted octanol–water partition coefficient (Wildman–Crippen LogP) is 3.63. The van der Waals surface area contributed by atoms with Crippen molar-refractivity contribution in [3.8, 4) is 23.1 Å². The van der Waals surface area contributed by atoms with Gasteiger partial charge >= 0.3 is 0 Å². The summed E-state index contributed by atoms with van der Waals surface area (Å²) in [4.78, 5) is 12.5. The van der Waals surface area contributed by atoms with E-state index in [0.717, 1.165) is 11.3 Å². The third-order valence-corrected chi connectivity index (χ3v) is 3.75. The van der Waals surface area contributed by atoms with Gasteiger partial charge in [-0.2, -0.15) is 10.4 Å². The molecule has 0 saturated heterocycles. The molecule has 0 bridgehead atoms. The van der Waals surface area contributed by atoms with Gasteiger partial charge in [-0.1, -0.05) is 42.5 Å². The summed E-state index contributed by atoms with van der Waals surface area (Å²) >= 11 is 0. The monoisotopic (exact) mass is 344 g/mol. The number of amides is 1. The first-order chi connectivity index (χ1) is 12.7. The van der Waals surface area contributed by atoms with Crippen molar-refractivity contribution in [1.82, 2.24) is 10.2 Å². The number of carbonyl (C=O) groups excluding carboxylic acids is 1. The van der Waals surface area contributed by atoms with E-state index in [1.807, 2.05) is 36.4 Å². The summed E-state index contributed by atoms with van der Waals surface area (Å²) in [6, 6.07) is 18.5. The van der Waals surface area contributed by atoms with Crippen molar-refractivity contribution in [3.05, 3.63) is 71.9 Å². The molecule has 1 amide bonds. The van der Waals surface area contributed by atoms with Crippen LogP contribution in [-0.4, -0.2) is 23.2 Å². The van der Waals surface area contributed by atoms with E-state index in [2.05, 4.69) is 15.5 Å². The van der Waals surface area contributed by atoms with E-state index in [1.54, 1.807) is 30.5 Å². The number of nitrogens with one attached hydrogen (secondary N) is 2. The smallest absolute Gasteiger partial charge is 0.266 e. The van der Waals surface area contributed by atoms with E-state index in [1.165, 1.54) is 13.2 Å². The van der Waals surface area contributed by atoms with Gasteiger partial charge < -0.3 is 10.1 Å². The Bertz CT molecular complexity index is 984. The Labute approximate surface area is 150 Å². The Morgan fingerprint density at radius 2 is 1.92 bits per heavy atom. The van der Waals surface area contributed by atoms with Gasteiger partial charge in [0, 0.05) is 11.1 Å². The number of ether oxygens (including phenoxy) is 1. The molecule has 0 aliphatic heterocycles. The topological polar surface area (TPSA) is 90.8 Å². The third-order valence-electron chi connectivity index (χ3n) is 3.75. The molecule has 26 heavy (non-hydrogen) atoms. The lowest BCUT2D eigenvalue weighted by Crippen LogP contribution is -2.14. The second-order valence-corrected chi connectivity index (χ2v) is 5.39. The van der Waals surface area contributed by atoms with Gasteiger partial charge in [-0.25, -0.2) is 0 Å². The van der Waals surface area contributed by atoms with Crippen LogP contribution in [0.1, 0.15) is 5.56 Å². The van der Waals surface area contributed by atoms with Crippen LogP contribution in [0.25, 0.3) is 17.3 Å². The lowest BCUT2D eigenvalue weighted by Gasteiger charge is -2.09. The largest absolute Gasteiger partial charge is 0.495 e. The predicted molar refractivity (Wildman–Crippen MR) is 99.2 cm³/mol. The number of aromatic nitrogens is 2. The summed E-state index contributed by atoms with van der Waals surface area (Å²) < 4.78 is 5.21. The van der Waals surface area contributed by atoms with Crippen LogP contribution in [-0.2, 0) is 4.79 Å². The van der Waals surface area contributed by atoms with Crippen molar-refractivity contribution >= 4 is 17.7 Å². The first-order valence-corrected chi connectivity index (χ1v) is 7.88. The SMILES string of the molecule is COc1ccccc1NC(=O)/C(C#N)=C/c1cn[nH]c1-c1ccccc1. The Balaban J connectivity index is 1.89. The fourth-order valence-corrected chi connectivity index (χ4v) is 2.48. The standard InChI is InChI=1S/C20H16N4O2/c1-26-18-10-6-5-9-17(18)23-20(25)15(12-21)11-16-13-22-24-19(16)14-7-3-2-4-8-14/h2-11,13H,1H3,(H,22,24)(H,23,25)/b15-11+. The molecule has 0 radical (unpaired) electrons. The average Bonchev–Trinajstić information content (AvgIpc) is 3.15. The van der Waals surface area contributed by atoms with Gasteiger partial charge in [-0.15, -0.1) is 0 Å². The highest BCUT2D eigenvalue weighted by atomic mass is 16.5. The molecule has 3 aromatic rings. The molecule has 0 spiro atoms. The lowest BCUT2D eigenvalue weighted by atomic mass is 10.1. The molecular weight excluding hydrogens is 328 g/mol. The van der Waals surface area contributed by atoms with Crippen LogP contribution >= 0.6 is 0 Å². The summed E-state index contributed by atoms with van der Waals surface area (Å²) in [5, 5.41) is 19.0. The number of aromatic amines is 1.